The summed E-state index contributed by atoms with van der Waals surface area (Å²) in [5.74, 6) is 0.0276. The van der Waals surface area contributed by atoms with E-state index in [1.165, 1.54) is 15.3 Å². The van der Waals surface area contributed by atoms with Gasteiger partial charge in [0.15, 0.2) is 0 Å². The summed E-state index contributed by atoms with van der Waals surface area (Å²) in [7, 11) is 1.81. The number of rotatable bonds is 5. The molecule has 0 N–H and O–H groups in total. The van der Waals surface area contributed by atoms with Crippen molar-refractivity contribution in [3.63, 3.8) is 0 Å². The van der Waals surface area contributed by atoms with Crippen molar-refractivity contribution in [2.75, 3.05) is 33.4 Å². The average molecular weight is 460 g/mol. The molecule has 0 radical (unpaired) electrons. The van der Waals surface area contributed by atoms with Crippen molar-refractivity contribution in [2.24, 2.45) is 0 Å². The fraction of sp³-hybridized carbons (Fsp3) is 0.696. The Labute approximate surface area is 193 Å². The lowest BCUT2D eigenvalue weighted by Crippen LogP contribution is -2.50. The van der Waals surface area contributed by atoms with Crippen LogP contribution in [0.5, 0.6) is 0 Å². The lowest BCUT2D eigenvalue weighted by molar-refractivity contribution is -0.147. The van der Waals surface area contributed by atoms with Crippen LogP contribution < -0.4 is 0 Å². The third-order valence-corrected chi connectivity index (χ3v) is 8.48. The molecule has 0 aromatic carbocycles. The third kappa shape index (κ3) is 4.23. The van der Waals surface area contributed by atoms with E-state index in [1.807, 2.05) is 29.3 Å². The molecular weight excluding hydrogens is 426 g/mol. The number of aromatic nitrogens is 3. The number of piperidine rings is 1. The molecule has 3 aliphatic heterocycles. The topological polar surface area (TPSA) is 72.7 Å². The number of carbonyl (C=O) groups excluding carboxylic acids is 1. The molecular formula is C23H33N5O3S. The van der Waals surface area contributed by atoms with Crippen LogP contribution >= 0.6 is 11.3 Å². The number of likely N-dealkylation sites (N-methyl/N-ethyl adjacent to an activating group) is 1. The molecule has 3 atom stereocenters. The molecule has 5 heterocycles. The number of amides is 1. The molecule has 2 fully saturated rings. The van der Waals surface area contributed by atoms with Crippen LogP contribution in [0.3, 0.4) is 0 Å². The summed E-state index contributed by atoms with van der Waals surface area (Å²) in [6.45, 7) is 8.49. The molecule has 1 spiro atoms. The van der Waals surface area contributed by atoms with E-state index in [9.17, 15) is 4.79 Å². The van der Waals surface area contributed by atoms with E-state index < -0.39 is 0 Å². The monoisotopic (exact) mass is 459 g/mol. The van der Waals surface area contributed by atoms with E-state index in [-0.39, 0.29) is 24.2 Å². The number of hydrogen-bond donors (Lipinski definition) is 0. The van der Waals surface area contributed by atoms with Gasteiger partial charge in [-0.1, -0.05) is 12.1 Å². The Morgan fingerprint density at radius 3 is 3.03 bits per heavy atom. The summed E-state index contributed by atoms with van der Waals surface area (Å²) in [6, 6.07) is 2.82. The van der Waals surface area contributed by atoms with Gasteiger partial charge < -0.3 is 14.4 Å². The third-order valence-electron chi connectivity index (χ3n) is 7.15. The van der Waals surface area contributed by atoms with Crippen LogP contribution in [0.2, 0.25) is 0 Å². The average Bonchev–Trinajstić information content (AvgIpc) is 3.40. The van der Waals surface area contributed by atoms with Gasteiger partial charge in [0.25, 0.3) is 0 Å². The maximum Gasteiger partial charge on any atom is 0.248 e. The van der Waals surface area contributed by atoms with Crippen LogP contribution in [0.1, 0.15) is 47.7 Å². The van der Waals surface area contributed by atoms with Crippen molar-refractivity contribution in [2.45, 2.75) is 70.4 Å². The lowest BCUT2D eigenvalue weighted by atomic mass is 9.79. The number of fused-ring (bicyclic) bond motifs is 2. The second-order valence-corrected chi connectivity index (χ2v) is 10.6. The van der Waals surface area contributed by atoms with Crippen LogP contribution in [0.4, 0.5) is 0 Å². The van der Waals surface area contributed by atoms with Crippen LogP contribution in [-0.4, -0.2) is 76.2 Å². The smallest absolute Gasteiger partial charge is 0.248 e. The number of thiophene rings is 1. The first kappa shape index (κ1) is 22.0. The second kappa shape index (κ2) is 8.85. The van der Waals surface area contributed by atoms with Gasteiger partial charge in [-0.3, -0.25) is 9.69 Å². The molecule has 174 valence electrons. The maximum atomic E-state index is 11.6. The van der Waals surface area contributed by atoms with Gasteiger partial charge in [0.2, 0.25) is 5.91 Å². The van der Waals surface area contributed by atoms with Crippen molar-refractivity contribution < 1.29 is 14.3 Å². The van der Waals surface area contributed by atoms with Gasteiger partial charge in [-0.2, -0.15) is 0 Å². The summed E-state index contributed by atoms with van der Waals surface area (Å²) in [5.41, 5.74) is 2.31. The van der Waals surface area contributed by atoms with Gasteiger partial charge in [-0.15, -0.1) is 16.4 Å². The van der Waals surface area contributed by atoms with E-state index in [0.717, 1.165) is 51.1 Å². The molecule has 1 amide bonds. The highest BCUT2D eigenvalue weighted by Crippen LogP contribution is 2.46. The van der Waals surface area contributed by atoms with Gasteiger partial charge in [-0.25, -0.2) is 4.68 Å². The number of nitrogens with zero attached hydrogens (tertiary/aromatic N) is 5. The zero-order valence-corrected chi connectivity index (χ0v) is 20.1. The normalized spacial score (nSPS) is 29.0. The van der Waals surface area contributed by atoms with Gasteiger partial charge in [0, 0.05) is 55.1 Å². The van der Waals surface area contributed by atoms with E-state index >= 15 is 0 Å². The number of ether oxygens (including phenoxy) is 2. The summed E-state index contributed by atoms with van der Waals surface area (Å²) < 4.78 is 14.0. The Kier molecular flexibility index (Phi) is 6.09. The number of likely N-dealkylation sites (tertiary alicyclic amines) is 1. The van der Waals surface area contributed by atoms with E-state index in [1.54, 1.807) is 4.90 Å². The first-order valence-electron chi connectivity index (χ1n) is 11.7. The Hall–Kier alpha value is -1.81. The highest BCUT2D eigenvalue weighted by molar-refractivity contribution is 7.12. The molecule has 0 bridgehead atoms. The van der Waals surface area contributed by atoms with E-state index in [2.05, 4.69) is 35.1 Å². The number of morpholine rings is 1. The Morgan fingerprint density at radius 1 is 1.38 bits per heavy atom. The van der Waals surface area contributed by atoms with Crippen LogP contribution in [0.15, 0.2) is 12.3 Å². The minimum atomic E-state index is -0.118. The molecule has 1 unspecified atom stereocenters. The highest BCUT2D eigenvalue weighted by Gasteiger charge is 2.44. The molecule has 5 rings (SSSR count). The largest absolute Gasteiger partial charge is 0.370 e. The van der Waals surface area contributed by atoms with Gasteiger partial charge in [-0.05, 0) is 37.8 Å². The molecule has 2 aromatic heterocycles. The Morgan fingerprint density at radius 2 is 2.25 bits per heavy atom. The SMILES string of the molecule is CCc1cc2c(s1)CCO[C@@]21CCN(Cc2cn(CC3CN(C)C(=O)CO3)nn2)[C@@H](C)C1. The predicted octanol–water partition coefficient (Wildman–Crippen LogP) is 2.21. The fourth-order valence-electron chi connectivity index (χ4n) is 5.30. The van der Waals surface area contributed by atoms with Crippen molar-refractivity contribution in [1.82, 2.24) is 24.8 Å². The van der Waals surface area contributed by atoms with Crippen LogP contribution in [0.25, 0.3) is 0 Å². The van der Waals surface area contributed by atoms with E-state index in [0.29, 0.717) is 19.1 Å². The van der Waals surface area contributed by atoms with Crippen LogP contribution in [-0.2, 0) is 45.8 Å². The Bertz CT molecular complexity index is 975. The molecule has 2 aromatic rings. The zero-order valence-electron chi connectivity index (χ0n) is 19.2. The van der Waals surface area contributed by atoms with Crippen molar-refractivity contribution in [1.29, 1.82) is 0 Å². The summed E-state index contributed by atoms with van der Waals surface area (Å²) in [4.78, 5) is 18.8. The molecule has 9 heteroatoms. The van der Waals surface area contributed by atoms with Crippen molar-refractivity contribution >= 4 is 17.2 Å². The Balaban J connectivity index is 1.21. The highest BCUT2D eigenvalue weighted by atomic mass is 32.1. The molecule has 0 saturated carbocycles. The standard InChI is InChI=1S/C23H33N5O3S/c1-4-19-9-20-21(32-19)5-8-31-23(20)6-7-27(16(2)10-23)11-17-12-28(25-24-17)14-18-13-26(3)22(29)15-30-18/h9,12,16,18H,4-8,10-11,13-15H2,1-3H3/t16-,18?,23+/m0/s1. The van der Waals surface area contributed by atoms with Crippen molar-refractivity contribution in [3.8, 4) is 0 Å². The number of carbonyl (C=O) groups is 1. The summed E-state index contributed by atoms with van der Waals surface area (Å²) in [5, 5.41) is 8.71. The van der Waals surface area contributed by atoms with Gasteiger partial charge in [0.05, 0.1) is 30.6 Å². The first-order chi connectivity index (χ1) is 15.5. The maximum absolute atomic E-state index is 11.6. The molecule has 8 nitrogen and oxygen atoms in total. The second-order valence-electron chi connectivity index (χ2n) is 9.41. The minimum Gasteiger partial charge on any atom is -0.370 e. The van der Waals surface area contributed by atoms with Gasteiger partial charge in [0.1, 0.15) is 6.61 Å². The molecule has 0 aliphatic carbocycles. The molecule has 2 saturated heterocycles. The first-order valence-corrected chi connectivity index (χ1v) is 12.5. The quantitative estimate of drug-likeness (QED) is 0.683. The van der Waals surface area contributed by atoms with Crippen molar-refractivity contribution in [3.05, 3.63) is 33.3 Å². The molecule has 3 aliphatic rings. The van der Waals surface area contributed by atoms with Crippen LogP contribution in [0, 0.1) is 0 Å². The summed E-state index contributed by atoms with van der Waals surface area (Å²) >= 11 is 1.98. The molecule has 32 heavy (non-hydrogen) atoms. The van der Waals surface area contributed by atoms with Gasteiger partial charge >= 0.3 is 0 Å². The summed E-state index contributed by atoms with van der Waals surface area (Å²) in [6.07, 6.45) is 6.16. The zero-order chi connectivity index (χ0) is 22.3. The predicted molar refractivity (Wildman–Crippen MR) is 122 cm³/mol. The van der Waals surface area contributed by atoms with E-state index in [4.69, 9.17) is 9.47 Å². The lowest BCUT2D eigenvalue weighted by Gasteiger charge is -2.47. The fourth-order valence-corrected chi connectivity index (χ4v) is 6.47. The number of aryl methyl sites for hydroxylation is 1. The number of hydrogen-bond acceptors (Lipinski definition) is 7. The minimum absolute atomic E-state index is 0.0276.